The van der Waals surface area contributed by atoms with Gasteiger partial charge in [-0.2, -0.15) is 0 Å². The predicted octanol–water partition coefficient (Wildman–Crippen LogP) is -0.334. The van der Waals surface area contributed by atoms with Gasteiger partial charge in [-0.05, 0) is 17.7 Å². The van der Waals surface area contributed by atoms with Crippen molar-refractivity contribution in [2.45, 2.75) is 18.6 Å². The number of methoxy groups -OCH3 is 2. The Kier molecular flexibility index (Phi) is 5.21. The summed E-state index contributed by atoms with van der Waals surface area (Å²) in [5.74, 6) is 0.311. The standard InChI is InChI=1S/C12H18O6/c1-17-10-4-7(3-8(14)9(15)6-13)5-11(18-2)12(10)16/h4-5,8-9,13-16H,3,6H2,1-2H3/t8-,9+/m0/s1. The third kappa shape index (κ3) is 3.25. The summed E-state index contributed by atoms with van der Waals surface area (Å²) >= 11 is 0. The van der Waals surface area contributed by atoms with E-state index in [9.17, 15) is 15.3 Å². The van der Waals surface area contributed by atoms with Gasteiger partial charge in [0.15, 0.2) is 11.5 Å². The van der Waals surface area contributed by atoms with Crippen molar-refractivity contribution >= 4 is 0 Å². The number of rotatable bonds is 6. The molecule has 1 aromatic rings. The van der Waals surface area contributed by atoms with E-state index in [1.165, 1.54) is 26.4 Å². The van der Waals surface area contributed by atoms with Gasteiger partial charge in [0.25, 0.3) is 0 Å². The van der Waals surface area contributed by atoms with Crippen molar-refractivity contribution in [1.29, 1.82) is 0 Å². The van der Waals surface area contributed by atoms with Gasteiger partial charge in [-0.25, -0.2) is 0 Å². The van der Waals surface area contributed by atoms with Crippen LogP contribution < -0.4 is 9.47 Å². The molecule has 0 fully saturated rings. The predicted molar refractivity (Wildman–Crippen MR) is 64.0 cm³/mol. The molecule has 0 bridgehead atoms. The van der Waals surface area contributed by atoms with Crippen LogP contribution in [0.5, 0.6) is 17.2 Å². The van der Waals surface area contributed by atoms with E-state index in [0.29, 0.717) is 5.56 Å². The third-order valence-electron chi connectivity index (χ3n) is 2.62. The van der Waals surface area contributed by atoms with Crippen LogP contribution in [-0.2, 0) is 6.42 Å². The zero-order chi connectivity index (χ0) is 13.7. The second kappa shape index (κ2) is 6.44. The fourth-order valence-corrected chi connectivity index (χ4v) is 1.56. The molecule has 4 N–H and O–H groups in total. The number of aliphatic hydroxyl groups excluding tert-OH is 3. The topological polar surface area (TPSA) is 99.4 Å². The molecule has 2 atom stereocenters. The molecule has 0 saturated carbocycles. The number of phenols is 1. The lowest BCUT2D eigenvalue weighted by molar-refractivity contribution is -0.0132. The normalized spacial score (nSPS) is 14.1. The lowest BCUT2D eigenvalue weighted by atomic mass is 10.0. The highest BCUT2D eigenvalue weighted by Crippen LogP contribution is 2.37. The number of ether oxygens (including phenoxy) is 2. The van der Waals surface area contributed by atoms with Gasteiger partial charge in [0, 0.05) is 6.42 Å². The van der Waals surface area contributed by atoms with Crippen molar-refractivity contribution in [2.75, 3.05) is 20.8 Å². The maximum atomic E-state index is 9.70. The molecule has 0 aliphatic rings. The van der Waals surface area contributed by atoms with E-state index in [0.717, 1.165) is 0 Å². The highest BCUT2D eigenvalue weighted by molar-refractivity contribution is 5.52. The minimum Gasteiger partial charge on any atom is -0.502 e. The van der Waals surface area contributed by atoms with E-state index in [1.54, 1.807) is 0 Å². The minimum absolute atomic E-state index is 0.106. The summed E-state index contributed by atoms with van der Waals surface area (Å²) in [4.78, 5) is 0. The van der Waals surface area contributed by atoms with Gasteiger partial charge in [0.1, 0.15) is 6.10 Å². The molecule has 0 spiro atoms. The molecule has 0 radical (unpaired) electrons. The Labute approximate surface area is 105 Å². The van der Waals surface area contributed by atoms with Crippen molar-refractivity contribution in [1.82, 2.24) is 0 Å². The lowest BCUT2D eigenvalue weighted by Crippen LogP contribution is -2.31. The fraction of sp³-hybridized carbons (Fsp3) is 0.500. The van der Waals surface area contributed by atoms with Gasteiger partial charge >= 0.3 is 0 Å². The van der Waals surface area contributed by atoms with Crippen LogP contribution >= 0.6 is 0 Å². The van der Waals surface area contributed by atoms with E-state index in [-0.39, 0.29) is 23.7 Å². The molecule has 1 aromatic carbocycles. The van der Waals surface area contributed by atoms with Crippen LogP contribution in [0.4, 0.5) is 0 Å². The number of benzene rings is 1. The van der Waals surface area contributed by atoms with Crippen LogP contribution in [0.1, 0.15) is 5.56 Å². The van der Waals surface area contributed by atoms with E-state index in [1.807, 2.05) is 0 Å². The van der Waals surface area contributed by atoms with Crippen LogP contribution in [0.3, 0.4) is 0 Å². The highest BCUT2D eigenvalue weighted by Gasteiger charge is 2.18. The van der Waals surface area contributed by atoms with Gasteiger partial charge in [0.2, 0.25) is 5.75 Å². The number of aliphatic hydroxyl groups is 3. The summed E-state index contributed by atoms with van der Waals surface area (Å²) in [6.07, 6.45) is -2.21. The molecule has 0 aliphatic heterocycles. The maximum Gasteiger partial charge on any atom is 0.200 e. The third-order valence-corrected chi connectivity index (χ3v) is 2.62. The van der Waals surface area contributed by atoms with E-state index >= 15 is 0 Å². The minimum atomic E-state index is -1.21. The van der Waals surface area contributed by atoms with Gasteiger partial charge in [-0.3, -0.25) is 0 Å². The zero-order valence-corrected chi connectivity index (χ0v) is 10.3. The van der Waals surface area contributed by atoms with Gasteiger partial charge < -0.3 is 29.9 Å². The van der Waals surface area contributed by atoms with E-state index < -0.39 is 18.8 Å². The zero-order valence-electron chi connectivity index (χ0n) is 10.3. The Balaban J connectivity index is 2.96. The Bertz CT molecular complexity index is 367. The summed E-state index contributed by atoms with van der Waals surface area (Å²) in [5, 5.41) is 37.3. The molecule has 6 nitrogen and oxygen atoms in total. The summed E-state index contributed by atoms with van der Waals surface area (Å²) in [5.41, 5.74) is 0.613. The molecule has 0 amide bonds. The molecule has 1 rings (SSSR count). The Morgan fingerprint density at radius 3 is 1.94 bits per heavy atom. The largest absolute Gasteiger partial charge is 0.502 e. The van der Waals surface area contributed by atoms with Crippen molar-refractivity contribution < 1.29 is 29.9 Å². The number of phenolic OH excluding ortho intramolecular Hbond substituents is 1. The molecule has 18 heavy (non-hydrogen) atoms. The van der Waals surface area contributed by atoms with Gasteiger partial charge in [-0.15, -0.1) is 0 Å². The molecular weight excluding hydrogens is 240 g/mol. The Hall–Kier alpha value is -1.50. The summed E-state index contributed by atoms with van der Waals surface area (Å²) in [6, 6.07) is 3.07. The van der Waals surface area contributed by atoms with Crippen LogP contribution in [0.25, 0.3) is 0 Å². The van der Waals surface area contributed by atoms with E-state index in [2.05, 4.69) is 0 Å². The molecule has 0 unspecified atom stereocenters. The Morgan fingerprint density at radius 1 is 1.06 bits per heavy atom. The molecule has 0 aromatic heterocycles. The lowest BCUT2D eigenvalue weighted by Gasteiger charge is -2.17. The van der Waals surface area contributed by atoms with Crippen molar-refractivity contribution in [3.05, 3.63) is 17.7 Å². The van der Waals surface area contributed by atoms with Crippen LogP contribution in [0, 0.1) is 0 Å². The molecule has 6 heteroatoms. The average molecular weight is 258 g/mol. The first-order valence-corrected chi connectivity index (χ1v) is 5.44. The second-order valence-corrected chi connectivity index (χ2v) is 3.87. The first-order valence-electron chi connectivity index (χ1n) is 5.44. The van der Waals surface area contributed by atoms with E-state index in [4.69, 9.17) is 14.6 Å². The number of hydrogen-bond acceptors (Lipinski definition) is 6. The molecule has 0 saturated heterocycles. The summed E-state index contributed by atoms with van der Waals surface area (Å²) < 4.78 is 9.95. The second-order valence-electron chi connectivity index (χ2n) is 3.87. The molecular formula is C12H18O6. The monoisotopic (exact) mass is 258 g/mol. The van der Waals surface area contributed by atoms with Crippen LogP contribution in [0.15, 0.2) is 12.1 Å². The highest BCUT2D eigenvalue weighted by atomic mass is 16.5. The molecule has 0 heterocycles. The number of aromatic hydroxyl groups is 1. The first-order chi connectivity index (χ1) is 8.53. The van der Waals surface area contributed by atoms with Crippen LogP contribution in [0.2, 0.25) is 0 Å². The first kappa shape index (κ1) is 14.6. The quantitative estimate of drug-likeness (QED) is 0.557. The fourth-order valence-electron chi connectivity index (χ4n) is 1.56. The maximum absolute atomic E-state index is 9.70. The Morgan fingerprint density at radius 2 is 1.56 bits per heavy atom. The molecule has 0 aliphatic carbocycles. The molecule has 102 valence electrons. The van der Waals surface area contributed by atoms with Gasteiger partial charge in [-0.1, -0.05) is 0 Å². The average Bonchev–Trinajstić information content (AvgIpc) is 2.39. The SMILES string of the molecule is COc1cc(C[C@H](O)[C@H](O)CO)cc(OC)c1O. The smallest absolute Gasteiger partial charge is 0.200 e. The van der Waals surface area contributed by atoms with Crippen molar-refractivity contribution in [3.8, 4) is 17.2 Å². The number of hydrogen-bond donors (Lipinski definition) is 4. The van der Waals surface area contributed by atoms with Gasteiger partial charge in [0.05, 0.1) is 26.9 Å². The van der Waals surface area contributed by atoms with Crippen molar-refractivity contribution in [3.63, 3.8) is 0 Å². The van der Waals surface area contributed by atoms with Crippen LogP contribution in [-0.4, -0.2) is 53.5 Å². The summed E-state index contributed by atoms with van der Waals surface area (Å²) in [6.45, 7) is -0.520. The van der Waals surface area contributed by atoms with Crippen molar-refractivity contribution in [2.24, 2.45) is 0 Å². The summed E-state index contributed by atoms with van der Waals surface area (Å²) in [7, 11) is 2.80.